The van der Waals surface area contributed by atoms with Crippen molar-refractivity contribution in [2.45, 2.75) is 18.6 Å². The number of nitrogens with one attached hydrogen (secondary N) is 1. The fourth-order valence-corrected chi connectivity index (χ4v) is 4.13. The van der Waals surface area contributed by atoms with E-state index in [1.807, 2.05) is 47.9 Å². The molecule has 6 nitrogen and oxygen atoms in total. The number of amides is 1. The number of halogens is 2. The second-order valence-corrected chi connectivity index (χ2v) is 8.46. The van der Waals surface area contributed by atoms with Gasteiger partial charge in [0, 0.05) is 16.3 Å². The van der Waals surface area contributed by atoms with Gasteiger partial charge in [0.05, 0.1) is 23.6 Å². The molecule has 0 radical (unpaired) electrons. The van der Waals surface area contributed by atoms with Gasteiger partial charge < -0.3 is 9.73 Å². The van der Waals surface area contributed by atoms with Crippen LogP contribution in [0.5, 0.6) is 0 Å². The Bertz CT molecular complexity index is 1210. The van der Waals surface area contributed by atoms with Crippen LogP contribution in [0.1, 0.15) is 11.3 Å². The third-order valence-corrected chi connectivity index (χ3v) is 6.31. The molecular weight excluding hydrogens is 455 g/mol. The highest BCUT2D eigenvalue weighted by Gasteiger charge is 2.19. The largest absolute Gasteiger partial charge is 0.467 e. The number of benzene rings is 2. The van der Waals surface area contributed by atoms with Gasteiger partial charge >= 0.3 is 0 Å². The van der Waals surface area contributed by atoms with Crippen LogP contribution < -0.4 is 5.32 Å². The number of anilines is 1. The van der Waals surface area contributed by atoms with Gasteiger partial charge in [-0.2, -0.15) is 0 Å². The lowest BCUT2D eigenvalue weighted by Gasteiger charge is -2.11. The van der Waals surface area contributed by atoms with E-state index < -0.39 is 0 Å². The maximum atomic E-state index is 12.5. The van der Waals surface area contributed by atoms with Crippen molar-refractivity contribution in [2.24, 2.45) is 0 Å². The second kappa shape index (κ2) is 9.60. The van der Waals surface area contributed by atoms with Crippen LogP contribution in [0.4, 0.5) is 5.69 Å². The zero-order valence-electron chi connectivity index (χ0n) is 16.5. The fraction of sp³-hybridized carbons (Fsp3) is 0.136. The molecule has 2 aromatic heterocycles. The van der Waals surface area contributed by atoms with Gasteiger partial charge in [-0.15, -0.1) is 10.2 Å². The van der Waals surface area contributed by atoms with Gasteiger partial charge in [0.15, 0.2) is 11.0 Å². The SMILES string of the molecule is Cc1c(Cl)cccc1NC(=O)CSc1nnc(-c2ccccc2Cl)n1Cc1ccco1. The molecule has 0 fully saturated rings. The Hall–Kier alpha value is -2.74. The Balaban J connectivity index is 1.56. The molecule has 0 unspecified atom stereocenters. The van der Waals surface area contributed by atoms with Crippen molar-refractivity contribution in [3.63, 3.8) is 0 Å². The molecule has 4 aromatic rings. The summed E-state index contributed by atoms with van der Waals surface area (Å²) in [7, 11) is 0. The van der Waals surface area contributed by atoms with E-state index in [0.717, 1.165) is 16.9 Å². The Morgan fingerprint density at radius 1 is 1.06 bits per heavy atom. The molecule has 0 aliphatic rings. The van der Waals surface area contributed by atoms with Crippen molar-refractivity contribution in [2.75, 3.05) is 11.1 Å². The van der Waals surface area contributed by atoms with Gasteiger partial charge in [-0.05, 0) is 48.9 Å². The molecule has 1 N–H and O–H groups in total. The Kier molecular flexibility index (Phi) is 6.65. The summed E-state index contributed by atoms with van der Waals surface area (Å²) in [5.41, 5.74) is 2.27. The summed E-state index contributed by atoms with van der Waals surface area (Å²) in [5.74, 6) is 1.34. The predicted octanol–water partition coefficient (Wildman–Crippen LogP) is 5.93. The normalized spacial score (nSPS) is 10.9. The quantitative estimate of drug-likeness (QED) is 0.337. The van der Waals surface area contributed by atoms with Crippen LogP contribution in [-0.2, 0) is 11.3 Å². The Labute approximate surface area is 193 Å². The van der Waals surface area contributed by atoms with Crippen LogP contribution in [-0.4, -0.2) is 26.4 Å². The molecule has 4 rings (SSSR count). The lowest BCUT2D eigenvalue weighted by atomic mass is 10.2. The second-order valence-electron chi connectivity index (χ2n) is 6.70. The van der Waals surface area contributed by atoms with Crippen molar-refractivity contribution in [1.29, 1.82) is 0 Å². The van der Waals surface area contributed by atoms with E-state index in [2.05, 4.69) is 15.5 Å². The molecule has 0 saturated carbocycles. The van der Waals surface area contributed by atoms with Crippen molar-refractivity contribution in [3.05, 3.63) is 82.2 Å². The predicted molar refractivity (Wildman–Crippen MR) is 124 cm³/mol. The van der Waals surface area contributed by atoms with Gasteiger partial charge in [-0.3, -0.25) is 9.36 Å². The highest BCUT2D eigenvalue weighted by molar-refractivity contribution is 7.99. The first-order chi connectivity index (χ1) is 15.0. The minimum absolute atomic E-state index is 0.158. The van der Waals surface area contributed by atoms with E-state index in [1.165, 1.54) is 11.8 Å². The maximum Gasteiger partial charge on any atom is 0.234 e. The van der Waals surface area contributed by atoms with Crippen molar-refractivity contribution in [3.8, 4) is 11.4 Å². The Morgan fingerprint density at radius 3 is 2.65 bits per heavy atom. The minimum atomic E-state index is -0.165. The van der Waals surface area contributed by atoms with E-state index in [4.69, 9.17) is 27.6 Å². The highest BCUT2D eigenvalue weighted by Crippen LogP contribution is 2.30. The number of thioether (sulfide) groups is 1. The van der Waals surface area contributed by atoms with E-state index in [1.54, 1.807) is 24.5 Å². The first-order valence-electron chi connectivity index (χ1n) is 9.41. The molecule has 0 aliphatic heterocycles. The first kappa shape index (κ1) is 21.5. The molecule has 0 saturated heterocycles. The number of aromatic nitrogens is 3. The zero-order valence-corrected chi connectivity index (χ0v) is 18.8. The monoisotopic (exact) mass is 472 g/mol. The summed E-state index contributed by atoms with van der Waals surface area (Å²) < 4.78 is 7.39. The summed E-state index contributed by atoms with van der Waals surface area (Å²) in [6.45, 7) is 2.28. The van der Waals surface area contributed by atoms with Gasteiger partial charge in [0.25, 0.3) is 0 Å². The van der Waals surface area contributed by atoms with Gasteiger partial charge in [-0.1, -0.05) is 53.2 Å². The van der Waals surface area contributed by atoms with E-state index in [0.29, 0.717) is 33.3 Å². The van der Waals surface area contributed by atoms with Crippen LogP contribution in [0.2, 0.25) is 10.0 Å². The van der Waals surface area contributed by atoms with Crippen molar-refractivity contribution < 1.29 is 9.21 Å². The third-order valence-electron chi connectivity index (χ3n) is 4.60. The van der Waals surface area contributed by atoms with E-state index >= 15 is 0 Å². The number of carbonyl (C=O) groups excluding carboxylic acids is 1. The molecule has 9 heteroatoms. The minimum Gasteiger partial charge on any atom is -0.467 e. The molecule has 0 atom stereocenters. The van der Waals surface area contributed by atoms with Gasteiger partial charge in [0.1, 0.15) is 5.76 Å². The molecule has 2 heterocycles. The smallest absolute Gasteiger partial charge is 0.234 e. The number of carbonyl (C=O) groups is 1. The number of rotatable bonds is 7. The van der Waals surface area contributed by atoms with Crippen LogP contribution in [0.25, 0.3) is 11.4 Å². The standard InChI is InChI=1S/C22H18Cl2N4O2S/c1-14-17(23)9-4-10-19(14)25-20(29)13-31-22-27-26-21(16-7-2-3-8-18(16)24)28(22)12-15-6-5-11-30-15/h2-11H,12-13H2,1H3,(H,25,29). The molecule has 2 aromatic carbocycles. The zero-order chi connectivity index (χ0) is 21.8. The van der Waals surface area contributed by atoms with Crippen LogP contribution in [0.3, 0.4) is 0 Å². The van der Waals surface area contributed by atoms with Crippen LogP contribution in [0.15, 0.2) is 70.4 Å². The summed E-state index contributed by atoms with van der Waals surface area (Å²) in [6, 6.07) is 16.5. The number of hydrogen-bond donors (Lipinski definition) is 1. The molecule has 0 spiro atoms. The van der Waals surface area contributed by atoms with Crippen LogP contribution >= 0.6 is 35.0 Å². The molecule has 0 aliphatic carbocycles. The Morgan fingerprint density at radius 2 is 1.87 bits per heavy atom. The summed E-state index contributed by atoms with van der Waals surface area (Å²) in [5, 5.41) is 13.3. The molecular formula is C22H18Cl2N4O2S. The average molecular weight is 473 g/mol. The number of nitrogens with zero attached hydrogens (tertiary/aromatic N) is 3. The molecule has 31 heavy (non-hydrogen) atoms. The lowest BCUT2D eigenvalue weighted by Crippen LogP contribution is -2.15. The third kappa shape index (κ3) is 4.95. The fourth-order valence-electron chi connectivity index (χ4n) is 3.00. The van der Waals surface area contributed by atoms with Gasteiger partial charge in [-0.25, -0.2) is 0 Å². The first-order valence-corrected chi connectivity index (χ1v) is 11.2. The van der Waals surface area contributed by atoms with Crippen molar-refractivity contribution in [1.82, 2.24) is 14.8 Å². The number of furan rings is 1. The lowest BCUT2D eigenvalue weighted by molar-refractivity contribution is -0.113. The van der Waals surface area contributed by atoms with Crippen LogP contribution in [0, 0.1) is 6.92 Å². The number of hydrogen-bond acceptors (Lipinski definition) is 5. The maximum absolute atomic E-state index is 12.5. The summed E-state index contributed by atoms with van der Waals surface area (Å²) in [6.07, 6.45) is 1.61. The summed E-state index contributed by atoms with van der Waals surface area (Å²) in [4.78, 5) is 12.5. The molecule has 158 valence electrons. The molecule has 1 amide bonds. The van der Waals surface area contributed by atoms with Crippen molar-refractivity contribution >= 4 is 46.6 Å². The van der Waals surface area contributed by atoms with Gasteiger partial charge in [0.2, 0.25) is 5.91 Å². The van der Waals surface area contributed by atoms with E-state index in [-0.39, 0.29) is 11.7 Å². The molecule has 0 bridgehead atoms. The topological polar surface area (TPSA) is 73.0 Å². The highest BCUT2D eigenvalue weighted by atomic mass is 35.5. The average Bonchev–Trinajstić information content (AvgIpc) is 3.41. The summed E-state index contributed by atoms with van der Waals surface area (Å²) >= 11 is 13.8. The van der Waals surface area contributed by atoms with E-state index in [9.17, 15) is 4.79 Å².